The minimum absolute atomic E-state index is 0.771. The fraction of sp³-hybridized carbons (Fsp3) is 0.231. The molecule has 1 nitrogen and oxygen atoms in total. The second-order valence-corrected chi connectivity index (χ2v) is 4.51. The summed E-state index contributed by atoms with van der Waals surface area (Å²) in [5.74, 6) is 0. The zero-order valence-electron chi connectivity index (χ0n) is 8.65. The lowest BCUT2D eigenvalue weighted by Gasteiger charge is -2.01. The number of thiophene rings is 1. The third kappa shape index (κ3) is 2.67. The maximum atomic E-state index is 5.49. The van der Waals surface area contributed by atoms with Gasteiger partial charge in [-0.3, -0.25) is 0 Å². The Hall–Kier alpha value is -1.12. The predicted octanol–water partition coefficient (Wildman–Crippen LogP) is 3.31. The summed E-state index contributed by atoms with van der Waals surface area (Å²) in [6.07, 6.45) is 2.15. The number of rotatable bonds is 4. The van der Waals surface area contributed by atoms with E-state index < -0.39 is 0 Å². The smallest absolute Gasteiger partial charge is 0.0342 e. The Morgan fingerprint density at radius 1 is 1.07 bits per heavy atom. The van der Waals surface area contributed by atoms with Crippen LogP contribution in [0.4, 0.5) is 0 Å². The SMILES string of the molecule is NCCCc1ccc(-c2cccs2)cc1. The molecule has 0 atom stereocenters. The maximum absolute atomic E-state index is 5.49. The van der Waals surface area contributed by atoms with E-state index in [1.54, 1.807) is 11.3 Å². The molecule has 0 radical (unpaired) electrons. The van der Waals surface area contributed by atoms with Crippen molar-refractivity contribution in [3.63, 3.8) is 0 Å². The first-order chi connectivity index (χ1) is 7.40. The van der Waals surface area contributed by atoms with Crippen LogP contribution in [0.25, 0.3) is 10.4 Å². The van der Waals surface area contributed by atoms with E-state index in [1.807, 2.05) is 0 Å². The van der Waals surface area contributed by atoms with Crippen molar-refractivity contribution in [2.24, 2.45) is 5.73 Å². The van der Waals surface area contributed by atoms with Gasteiger partial charge in [0, 0.05) is 4.88 Å². The van der Waals surface area contributed by atoms with E-state index in [0.717, 1.165) is 19.4 Å². The van der Waals surface area contributed by atoms with E-state index in [4.69, 9.17) is 5.73 Å². The minimum Gasteiger partial charge on any atom is -0.330 e. The lowest BCUT2D eigenvalue weighted by atomic mass is 10.1. The maximum Gasteiger partial charge on any atom is 0.0342 e. The van der Waals surface area contributed by atoms with Gasteiger partial charge < -0.3 is 5.73 Å². The van der Waals surface area contributed by atoms with Crippen LogP contribution in [0.5, 0.6) is 0 Å². The molecule has 0 bridgehead atoms. The van der Waals surface area contributed by atoms with E-state index >= 15 is 0 Å². The first-order valence-electron chi connectivity index (χ1n) is 5.23. The van der Waals surface area contributed by atoms with Gasteiger partial charge in [0.15, 0.2) is 0 Å². The second kappa shape index (κ2) is 5.10. The number of benzene rings is 1. The molecule has 0 fully saturated rings. The zero-order chi connectivity index (χ0) is 10.5. The van der Waals surface area contributed by atoms with Crippen LogP contribution in [0, 0.1) is 0 Å². The van der Waals surface area contributed by atoms with E-state index in [1.165, 1.54) is 16.0 Å². The van der Waals surface area contributed by atoms with Crippen molar-refractivity contribution >= 4 is 11.3 Å². The average Bonchev–Trinajstić information content (AvgIpc) is 2.80. The number of aryl methyl sites for hydroxylation is 1. The van der Waals surface area contributed by atoms with Gasteiger partial charge in [-0.25, -0.2) is 0 Å². The molecule has 0 saturated carbocycles. The van der Waals surface area contributed by atoms with E-state index in [0.29, 0.717) is 0 Å². The van der Waals surface area contributed by atoms with Gasteiger partial charge in [0.2, 0.25) is 0 Å². The fourth-order valence-electron chi connectivity index (χ4n) is 1.58. The van der Waals surface area contributed by atoms with Crippen LogP contribution >= 0.6 is 11.3 Å². The van der Waals surface area contributed by atoms with Crippen LogP contribution in [0.3, 0.4) is 0 Å². The van der Waals surface area contributed by atoms with E-state index in [2.05, 4.69) is 41.8 Å². The van der Waals surface area contributed by atoms with Crippen molar-refractivity contribution in [1.29, 1.82) is 0 Å². The third-order valence-corrected chi connectivity index (χ3v) is 3.35. The highest BCUT2D eigenvalue weighted by atomic mass is 32.1. The normalized spacial score (nSPS) is 10.5. The number of hydrogen-bond acceptors (Lipinski definition) is 2. The highest BCUT2D eigenvalue weighted by Crippen LogP contribution is 2.24. The summed E-state index contributed by atoms with van der Waals surface area (Å²) in [7, 11) is 0. The topological polar surface area (TPSA) is 26.0 Å². The van der Waals surface area contributed by atoms with Crippen molar-refractivity contribution in [3.05, 3.63) is 47.3 Å². The molecule has 1 heterocycles. The molecule has 0 aliphatic heterocycles. The molecule has 15 heavy (non-hydrogen) atoms. The minimum atomic E-state index is 0.771. The van der Waals surface area contributed by atoms with Crippen molar-refractivity contribution in [2.45, 2.75) is 12.8 Å². The lowest BCUT2D eigenvalue weighted by Crippen LogP contribution is -2.00. The quantitative estimate of drug-likeness (QED) is 0.835. The van der Waals surface area contributed by atoms with Gasteiger partial charge in [0.1, 0.15) is 0 Å². The summed E-state index contributed by atoms with van der Waals surface area (Å²) in [6, 6.07) is 13.0. The molecular formula is C13H15NS. The van der Waals surface area contributed by atoms with E-state index in [9.17, 15) is 0 Å². The van der Waals surface area contributed by atoms with Crippen molar-refractivity contribution < 1.29 is 0 Å². The van der Waals surface area contributed by atoms with Crippen LogP contribution in [0.1, 0.15) is 12.0 Å². The molecule has 2 rings (SSSR count). The standard InChI is InChI=1S/C13H15NS/c14-9-1-3-11-5-7-12(8-6-11)13-4-2-10-15-13/h2,4-8,10H,1,3,9,14H2. The third-order valence-electron chi connectivity index (χ3n) is 2.43. The van der Waals surface area contributed by atoms with Crippen molar-refractivity contribution in [2.75, 3.05) is 6.54 Å². The molecule has 0 aliphatic rings. The Bertz CT molecular complexity index is 389. The van der Waals surface area contributed by atoms with Crippen molar-refractivity contribution in [3.8, 4) is 10.4 Å². The molecule has 2 N–H and O–H groups in total. The lowest BCUT2D eigenvalue weighted by molar-refractivity contribution is 0.833. The predicted molar refractivity (Wildman–Crippen MR) is 67.1 cm³/mol. The summed E-state index contributed by atoms with van der Waals surface area (Å²) < 4.78 is 0. The summed E-state index contributed by atoms with van der Waals surface area (Å²) in [6.45, 7) is 0.771. The van der Waals surface area contributed by atoms with Crippen LogP contribution in [-0.4, -0.2) is 6.54 Å². The van der Waals surface area contributed by atoms with Gasteiger partial charge in [0.05, 0.1) is 0 Å². The van der Waals surface area contributed by atoms with Crippen LogP contribution in [0.2, 0.25) is 0 Å². The van der Waals surface area contributed by atoms with Crippen LogP contribution in [0.15, 0.2) is 41.8 Å². The Labute approximate surface area is 94.6 Å². The van der Waals surface area contributed by atoms with Gasteiger partial charge in [0.25, 0.3) is 0 Å². The Kier molecular flexibility index (Phi) is 3.54. The molecule has 0 amide bonds. The van der Waals surface area contributed by atoms with Gasteiger partial charge in [-0.2, -0.15) is 0 Å². The molecule has 2 heteroatoms. The van der Waals surface area contributed by atoms with Gasteiger partial charge in [-0.15, -0.1) is 11.3 Å². The Morgan fingerprint density at radius 2 is 1.87 bits per heavy atom. The first kappa shape index (κ1) is 10.4. The molecule has 0 aliphatic carbocycles. The average molecular weight is 217 g/mol. The molecule has 0 spiro atoms. The summed E-state index contributed by atoms with van der Waals surface area (Å²) >= 11 is 1.78. The molecule has 0 saturated heterocycles. The number of hydrogen-bond donors (Lipinski definition) is 1. The molecule has 1 aromatic heterocycles. The van der Waals surface area contributed by atoms with E-state index in [-0.39, 0.29) is 0 Å². The highest BCUT2D eigenvalue weighted by molar-refractivity contribution is 7.13. The van der Waals surface area contributed by atoms with Gasteiger partial charge in [-0.05, 0) is 42.0 Å². The summed E-state index contributed by atoms with van der Waals surface area (Å²) in [5.41, 5.74) is 8.17. The Balaban J connectivity index is 2.11. The Morgan fingerprint density at radius 3 is 2.47 bits per heavy atom. The summed E-state index contributed by atoms with van der Waals surface area (Å²) in [5, 5.41) is 2.11. The molecule has 2 aromatic rings. The monoisotopic (exact) mass is 217 g/mol. The summed E-state index contributed by atoms with van der Waals surface area (Å²) in [4.78, 5) is 1.33. The fourth-order valence-corrected chi connectivity index (χ4v) is 2.32. The molecule has 0 unspecified atom stereocenters. The van der Waals surface area contributed by atoms with Gasteiger partial charge in [-0.1, -0.05) is 30.3 Å². The van der Waals surface area contributed by atoms with Crippen LogP contribution < -0.4 is 5.73 Å². The van der Waals surface area contributed by atoms with Gasteiger partial charge >= 0.3 is 0 Å². The van der Waals surface area contributed by atoms with Crippen molar-refractivity contribution in [1.82, 2.24) is 0 Å². The first-order valence-corrected chi connectivity index (χ1v) is 6.11. The van der Waals surface area contributed by atoms with Crippen LogP contribution in [-0.2, 0) is 6.42 Å². The molecular weight excluding hydrogens is 202 g/mol. The molecule has 1 aromatic carbocycles. The molecule has 78 valence electrons. The number of nitrogens with two attached hydrogens (primary N) is 1. The zero-order valence-corrected chi connectivity index (χ0v) is 9.46. The highest BCUT2D eigenvalue weighted by Gasteiger charge is 1.98. The second-order valence-electron chi connectivity index (χ2n) is 3.57. The largest absolute Gasteiger partial charge is 0.330 e.